The molecule has 0 aliphatic rings. The van der Waals surface area contributed by atoms with Crippen LogP contribution >= 0.6 is 0 Å². The van der Waals surface area contributed by atoms with Crippen LogP contribution in [0.2, 0.25) is 0 Å². The van der Waals surface area contributed by atoms with E-state index in [1.165, 1.54) is 0 Å². The van der Waals surface area contributed by atoms with Crippen molar-refractivity contribution < 1.29 is 13.5 Å². The van der Waals surface area contributed by atoms with E-state index in [4.69, 9.17) is 4.74 Å². The van der Waals surface area contributed by atoms with Gasteiger partial charge in [0.05, 0.1) is 6.61 Å². The zero-order valence-electron chi connectivity index (χ0n) is 10.1. The van der Waals surface area contributed by atoms with Gasteiger partial charge in [-0.15, -0.1) is 0 Å². The monoisotopic (exact) mass is 243 g/mol. The fourth-order valence-electron chi connectivity index (χ4n) is 1.48. The Kier molecular flexibility index (Phi) is 6.55. The third kappa shape index (κ3) is 5.63. The van der Waals surface area contributed by atoms with E-state index >= 15 is 0 Å². The Balaban J connectivity index is 2.15. The largest absolute Gasteiger partial charge is 0.490 e. The molecule has 0 saturated carbocycles. The molecule has 0 radical (unpaired) electrons. The first kappa shape index (κ1) is 13.9. The summed E-state index contributed by atoms with van der Waals surface area (Å²) < 4.78 is 31.1. The first-order valence-corrected chi connectivity index (χ1v) is 6.02. The van der Waals surface area contributed by atoms with Crippen LogP contribution in [0.5, 0.6) is 5.75 Å². The number of unbranched alkanes of at least 4 members (excludes halogenated alkanes) is 2. The summed E-state index contributed by atoms with van der Waals surface area (Å²) in [5, 5.41) is 3.22. The van der Waals surface area contributed by atoms with E-state index in [-0.39, 0.29) is 5.75 Å². The summed E-state index contributed by atoms with van der Waals surface area (Å²) in [6.45, 7) is 4.46. The zero-order chi connectivity index (χ0) is 12.5. The minimum atomic E-state index is -0.515. The SMILES string of the molecule is CCNCCCCCOc1cc(F)ccc1F. The Morgan fingerprint density at radius 2 is 2.00 bits per heavy atom. The highest BCUT2D eigenvalue weighted by molar-refractivity contribution is 5.24. The van der Waals surface area contributed by atoms with Gasteiger partial charge >= 0.3 is 0 Å². The molecule has 0 bridgehead atoms. The Morgan fingerprint density at radius 1 is 1.18 bits per heavy atom. The molecule has 0 atom stereocenters. The number of nitrogens with one attached hydrogen (secondary N) is 1. The molecule has 0 spiro atoms. The second-order valence-corrected chi connectivity index (χ2v) is 3.84. The maximum atomic E-state index is 13.1. The molecule has 0 unspecified atom stereocenters. The van der Waals surface area contributed by atoms with Gasteiger partial charge in [0.2, 0.25) is 0 Å². The van der Waals surface area contributed by atoms with Gasteiger partial charge in [-0.2, -0.15) is 0 Å². The molecule has 1 N–H and O–H groups in total. The molecule has 96 valence electrons. The summed E-state index contributed by atoms with van der Waals surface area (Å²) >= 11 is 0. The lowest BCUT2D eigenvalue weighted by Crippen LogP contribution is -2.14. The maximum absolute atomic E-state index is 13.1. The highest BCUT2D eigenvalue weighted by Crippen LogP contribution is 2.18. The van der Waals surface area contributed by atoms with E-state index < -0.39 is 11.6 Å². The van der Waals surface area contributed by atoms with Crippen LogP contribution in [0.25, 0.3) is 0 Å². The predicted octanol–water partition coefficient (Wildman–Crippen LogP) is 3.12. The molecular weight excluding hydrogens is 224 g/mol. The fraction of sp³-hybridized carbons (Fsp3) is 0.538. The van der Waals surface area contributed by atoms with Crippen LogP contribution in [0.4, 0.5) is 8.78 Å². The second-order valence-electron chi connectivity index (χ2n) is 3.84. The first-order chi connectivity index (χ1) is 8.24. The van der Waals surface area contributed by atoms with Crippen LogP contribution in [-0.4, -0.2) is 19.7 Å². The Morgan fingerprint density at radius 3 is 2.76 bits per heavy atom. The van der Waals surface area contributed by atoms with Gasteiger partial charge in [-0.25, -0.2) is 8.78 Å². The Hall–Kier alpha value is -1.16. The summed E-state index contributed by atoms with van der Waals surface area (Å²) in [6, 6.07) is 3.24. The van der Waals surface area contributed by atoms with Crippen molar-refractivity contribution in [3.8, 4) is 5.75 Å². The number of ether oxygens (including phenoxy) is 1. The summed E-state index contributed by atoms with van der Waals surface area (Å²) in [5.74, 6) is -0.996. The summed E-state index contributed by atoms with van der Waals surface area (Å²) in [6.07, 6.45) is 2.94. The van der Waals surface area contributed by atoms with Gasteiger partial charge in [0, 0.05) is 6.07 Å². The summed E-state index contributed by atoms with van der Waals surface area (Å²) in [7, 11) is 0. The number of hydrogen-bond donors (Lipinski definition) is 1. The molecule has 4 heteroatoms. The molecule has 1 aromatic carbocycles. The van der Waals surface area contributed by atoms with Crippen molar-refractivity contribution in [2.45, 2.75) is 26.2 Å². The van der Waals surface area contributed by atoms with Gasteiger partial charge in [-0.3, -0.25) is 0 Å². The van der Waals surface area contributed by atoms with E-state index in [2.05, 4.69) is 12.2 Å². The van der Waals surface area contributed by atoms with Gasteiger partial charge in [-0.1, -0.05) is 6.92 Å². The fourth-order valence-corrected chi connectivity index (χ4v) is 1.48. The topological polar surface area (TPSA) is 21.3 Å². The average molecular weight is 243 g/mol. The second kappa shape index (κ2) is 8.01. The third-order valence-electron chi connectivity index (χ3n) is 2.40. The predicted molar refractivity (Wildman–Crippen MR) is 64.2 cm³/mol. The van der Waals surface area contributed by atoms with E-state index in [1.54, 1.807) is 0 Å². The lowest BCUT2D eigenvalue weighted by atomic mass is 10.2. The van der Waals surface area contributed by atoms with Crippen molar-refractivity contribution in [3.63, 3.8) is 0 Å². The van der Waals surface area contributed by atoms with E-state index in [0.29, 0.717) is 6.61 Å². The molecule has 0 aliphatic carbocycles. The molecule has 0 amide bonds. The molecule has 0 aromatic heterocycles. The average Bonchev–Trinajstić information content (AvgIpc) is 2.32. The quantitative estimate of drug-likeness (QED) is 0.708. The number of rotatable bonds is 8. The lowest BCUT2D eigenvalue weighted by molar-refractivity contribution is 0.289. The van der Waals surface area contributed by atoms with Gasteiger partial charge in [0.1, 0.15) is 5.82 Å². The lowest BCUT2D eigenvalue weighted by Gasteiger charge is -2.07. The highest BCUT2D eigenvalue weighted by atomic mass is 19.1. The van der Waals surface area contributed by atoms with Gasteiger partial charge in [0.15, 0.2) is 11.6 Å². The van der Waals surface area contributed by atoms with Crippen LogP contribution in [0.15, 0.2) is 18.2 Å². The first-order valence-electron chi connectivity index (χ1n) is 6.02. The molecule has 0 saturated heterocycles. The molecule has 17 heavy (non-hydrogen) atoms. The van der Waals surface area contributed by atoms with Crippen LogP contribution in [-0.2, 0) is 0 Å². The van der Waals surface area contributed by atoms with Gasteiger partial charge in [-0.05, 0) is 44.5 Å². The molecule has 2 nitrogen and oxygen atoms in total. The van der Waals surface area contributed by atoms with Crippen molar-refractivity contribution in [1.29, 1.82) is 0 Å². The minimum Gasteiger partial charge on any atom is -0.490 e. The molecule has 0 aliphatic heterocycles. The van der Waals surface area contributed by atoms with E-state index in [9.17, 15) is 8.78 Å². The van der Waals surface area contributed by atoms with Gasteiger partial charge in [0.25, 0.3) is 0 Å². The molecule has 0 heterocycles. The Labute approximate surface area is 101 Å². The van der Waals surface area contributed by atoms with Crippen molar-refractivity contribution in [2.75, 3.05) is 19.7 Å². The van der Waals surface area contributed by atoms with Crippen LogP contribution in [0, 0.1) is 11.6 Å². The summed E-state index contributed by atoms with van der Waals surface area (Å²) in [4.78, 5) is 0. The van der Waals surface area contributed by atoms with Crippen LogP contribution in [0.1, 0.15) is 26.2 Å². The molecule has 0 fully saturated rings. The zero-order valence-corrected chi connectivity index (χ0v) is 10.1. The molecule has 1 rings (SSSR count). The van der Waals surface area contributed by atoms with Crippen LogP contribution in [0.3, 0.4) is 0 Å². The number of halogens is 2. The number of benzene rings is 1. The maximum Gasteiger partial charge on any atom is 0.165 e. The number of hydrogen-bond acceptors (Lipinski definition) is 2. The van der Waals surface area contributed by atoms with Crippen molar-refractivity contribution >= 4 is 0 Å². The normalized spacial score (nSPS) is 10.5. The molecular formula is C13H19F2NO. The van der Waals surface area contributed by atoms with E-state index in [1.807, 2.05) is 0 Å². The van der Waals surface area contributed by atoms with Gasteiger partial charge < -0.3 is 10.1 Å². The van der Waals surface area contributed by atoms with Crippen LogP contribution < -0.4 is 10.1 Å². The smallest absolute Gasteiger partial charge is 0.165 e. The van der Waals surface area contributed by atoms with E-state index in [0.717, 1.165) is 50.6 Å². The van der Waals surface area contributed by atoms with Crippen molar-refractivity contribution in [3.05, 3.63) is 29.8 Å². The van der Waals surface area contributed by atoms with Crippen molar-refractivity contribution in [1.82, 2.24) is 5.32 Å². The highest BCUT2D eigenvalue weighted by Gasteiger charge is 2.04. The Bertz CT molecular complexity index is 331. The van der Waals surface area contributed by atoms with Crippen molar-refractivity contribution in [2.24, 2.45) is 0 Å². The standard InChI is InChI=1S/C13H19F2NO/c1-2-16-8-4-3-5-9-17-13-10-11(14)6-7-12(13)15/h6-7,10,16H,2-5,8-9H2,1H3. The summed E-state index contributed by atoms with van der Waals surface area (Å²) in [5.41, 5.74) is 0. The third-order valence-corrected chi connectivity index (χ3v) is 2.40. The minimum absolute atomic E-state index is 0.00307. The molecule has 1 aromatic rings.